The first-order valence-corrected chi connectivity index (χ1v) is 9.75. The molecule has 0 spiro atoms. The van der Waals surface area contributed by atoms with Gasteiger partial charge in [0.15, 0.2) is 28.7 Å². The van der Waals surface area contributed by atoms with Crippen molar-refractivity contribution in [3.8, 4) is 34.3 Å². The Kier molecular flexibility index (Phi) is 5.50. The van der Waals surface area contributed by atoms with Gasteiger partial charge in [0.05, 0.1) is 26.5 Å². The Labute approximate surface area is 182 Å². The van der Waals surface area contributed by atoms with Gasteiger partial charge in [-0.05, 0) is 37.3 Å². The zero-order chi connectivity index (χ0) is 22.8. The number of ether oxygens (including phenoxy) is 3. The number of nitrogens with one attached hydrogen (secondary N) is 1. The largest absolute Gasteiger partial charge is 0.497 e. The third kappa shape index (κ3) is 3.62. The highest BCUT2D eigenvalue weighted by atomic mass is 16.5. The van der Waals surface area contributed by atoms with Crippen molar-refractivity contribution < 1.29 is 19.0 Å². The van der Waals surface area contributed by atoms with Crippen LogP contribution in [0.5, 0.6) is 17.2 Å². The molecule has 2 heterocycles. The number of methoxy groups -OCH3 is 2. The molecular weight excluding hydrogens is 414 g/mol. The molecule has 1 amide bonds. The number of carbonyl (C=O) groups is 1. The highest BCUT2D eigenvalue weighted by molar-refractivity contribution is 6.02. The standard InChI is InChI=1S/C22H21N5O5/c1-4-32-15-9-8-12(10-16(15)31-3)20-24-17(19(23)28)18-21(26-20)27(22(29)25-18)13-6-5-7-14(11-13)30-2/h5-11H,4H2,1-3H3,(H2,23,28)(H,25,29). The van der Waals surface area contributed by atoms with E-state index in [1.54, 1.807) is 42.5 Å². The number of aromatic amines is 1. The average Bonchev–Trinajstić information content (AvgIpc) is 3.14. The average molecular weight is 435 g/mol. The predicted molar refractivity (Wildman–Crippen MR) is 118 cm³/mol. The second-order valence-electron chi connectivity index (χ2n) is 6.72. The van der Waals surface area contributed by atoms with Crippen LogP contribution in [0.3, 0.4) is 0 Å². The second-order valence-corrected chi connectivity index (χ2v) is 6.72. The molecule has 4 rings (SSSR count). The molecule has 164 valence electrons. The van der Waals surface area contributed by atoms with Crippen LogP contribution in [-0.2, 0) is 0 Å². The summed E-state index contributed by atoms with van der Waals surface area (Å²) in [6, 6.07) is 12.1. The molecule has 0 saturated heterocycles. The van der Waals surface area contributed by atoms with E-state index >= 15 is 0 Å². The molecule has 0 fully saturated rings. The lowest BCUT2D eigenvalue weighted by Gasteiger charge is -2.11. The van der Waals surface area contributed by atoms with E-state index in [9.17, 15) is 9.59 Å². The summed E-state index contributed by atoms with van der Waals surface area (Å²) in [5.74, 6) is 1.00. The maximum atomic E-state index is 12.8. The van der Waals surface area contributed by atoms with Gasteiger partial charge in [0.2, 0.25) is 0 Å². The molecule has 0 saturated carbocycles. The Morgan fingerprint density at radius 3 is 2.59 bits per heavy atom. The molecule has 4 aromatic rings. The number of amides is 1. The summed E-state index contributed by atoms with van der Waals surface area (Å²) in [7, 11) is 3.05. The van der Waals surface area contributed by atoms with Gasteiger partial charge in [0, 0.05) is 11.6 Å². The fourth-order valence-electron chi connectivity index (χ4n) is 3.36. The Morgan fingerprint density at radius 1 is 1.09 bits per heavy atom. The number of benzene rings is 2. The van der Waals surface area contributed by atoms with Crippen molar-refractivity contribution in [2.24, 2.45) is 5.73 Å². The molecule has 32 heavy (non-hydrogen) atoms. The summed E-state index contributed by atoms with van der Waals surface area (Å²) in [5.41, 5.74) is 6.38. The molecule has 0 aliphatic carbocycles. The van der Waals surface area contributed by atoms with Crippen LogP contribution in [0.4, 0.5) is 0 Å². The van der Waals surface area contributed by atoms with Crippen LogP contribution in [0.25, 0.3) is 28.2 Å². The number of fused-ring (bicyclic) bond motifs is 1. The van der Waals surface area contributed by atoms with Gasteiger partial charge in [-0.3, -0.25) is 4.79 Å². The van der Waals surface area contributed by atoms with Crippen LogP contribution in [0, 0.1) is 0 Å². The minimum atomic E-state index is -0.796. The van der Waals surface area contributed by atoms with Gasteiger partial charge in [-0.25, -0.2) is 19.3 Å². The molecule has 2 aromatic heterocycles. The number of nitrogens with zero attached hydrogens (tertiary/aromatic N) is 3. The van der Waals surface area contributed by atoms with Crippen LogP contribution >= 0.6 is 0 Å². The summed E-state index contributed by atoms with van der Waals surface area (Å²) in [6.45, 7) is 2.34. The van der Waals surface area contributed by atoms with Crippen molar-refractivity contribution in [2.75, 3.05) is 20.8 Å². The molecule has 10 nitrogen and oxygen atoms in total. The predicted octanol–water partition coefficient (Wildman–Crippen LogP) is 2.29. The lowest BCUT2D eigenvalue weighted by molar-refractivity contribution is 0.0997. The van der Waals surface area contributed by atoms with Gasteiger partial charge in [0.1, 0.15) is 11.3 Å². The van der Waals surface area contributed by atoms with E-state index in [-0.39, 0.29) is 22.7 Å². The highest BCUT2D eigenvalue weighted by Crippen LogP contribution is 2.32. The molecular formula is C22H21N5O5. The lowest BCUT2D eigenvalue weighted by Crippen LogP contribution is -2.15. The van der Waals surface area contributed by atoms with Gasteiger partial charge >= 0.3 is 5.69 Å². The van der Waals surface area contributed by atoms with E-state index in [4.69, 9.17) is 19.9 Å². The third-order valence-corrected chi connectivity index (χ3v) is 4.80. The summed E-state index contributed by atoms with van der Waals surface area (Å²) < 4.78 is 17.5. The van der Waals surface area contributed by atoms with E-state index in [1.165, 1.54) is 18.8 Å². The molecule has 0 radical (unpaired) electrons. The second kappa shape index (κ2) is 8.42. The Morgan fingerprint density at radius 2 is 1.91 bits per heavy atom. The van der Waals surface area contributed by atoms with Crippen LogP contribution < -0.4 is 25.6 Å². The van der Waals surface area contributed by atoms with Crippen molar-refractivity contribution in [3.05, 3.63) is 58.6 Å². The Hall–Kier alpha value is -4.34. The third-order valence-electron chi connectivity index (χ3n) is 4.80. The maximum absolute atomic E-state index is 12.8. The molecule has 3 N–H and O–H groups in total. The molecule has 0 aliphatic rings. The van der Waals surface area contributed by atoms with E-state index < -0.39 is 11.6 Å². The van der Waals surface area contributed by atoms with Crippen molar-refractivity contribution in [3.63, 3.8) is 0 Å². The number of hydrogen-bond acceptors (Lipinski definition) is 7. The van der Waals surface area contributed by atoms with Crippen LogP contribution in [0.1, 0.15) is 17.4 Å². The first-order valence-electron chi connectivity index (χ1n) is 9.75. The van der Waals surface area contributed by atoms with Crippen LogP contribution in [0.15, 0.2) is 47.3 Å². The van der Waals surface area contributed by atoms with Gasteiger partial charge in [-0.1, -0.05) is 6.07 Å². The quantitative estimate of drug-likeness (QED) is 0.455. The van der Waals surface area contributed by atoms with Gasteiger partial charge < -0.3 is 24.9 Å². The van der Waals surface area contributed by atoms with E-state index in [2.05, 4.69) is 15.0 Å². The minimum absolute atomic E-state index is 0.100. The summed E-state index contributed by atoms with van der Waals surface area (Å²) in [6.07, 6.45) is 0. The van der Waals surface area contributed by atoms with E-state index in [0.29, 0.717) is 35.1 Å². The zero-order valence-corrected chi connectivity index (χ0v) is 17.7. The van der Waals surface area contributed by atoms with E-state index in [1.807, 2.05) is 6.92 Å². The SMILES string of the molecule is CCOc1ccc(-c2nc(C(N)=O)c3[nH]c(=O)n(-c4cccc(OC)c4)c3n2)cc1OC. The highest BCUT2D eigenvalue weighted by Gasteiger charge is 2.21. The van der Waals surface area contributed by atoms with Crippen molar-refractivity contribution in [2.45, 2.75) is 6.92 Å². The van der Waals surface area contributed by atoms with Crippen LogP contribution in [0.2, 0.25) is 0 Å². The molecule has 10 heteroatoms. The number of hydrogen-bond donors (Lipinski definition) is 2. The molecule has 0 aliphatic heterocycles. The monoisotopic (exact) mass is 435 g/mol. The van der Waals surface area contributed by atoms with Gasteiger partial charge in [0.25, 0.3) is 5.91 Å². The minimum Gasteiger partial charge on any atom is -0.497 e. The molecule has 0 bridgehead atoms. The number of rotatable bonds is 7. The summed E-state index contributed by atoms with van der Waals surface area (Å²) >= 11 is 0. The van der Waals surface area contributed by atoms with E-state index in [0.717, 1.165) is 0 Å². The van der Waals surface area contributed by atoms with Crippen molar-refractivity contribution >= 4 is 17.1 Å². The topological polar surface area (TPSA) is 134 Å². The number of H-pyrrole nitrogens is 1. The van der Waals surface area contributed by atoms with Gasteiger partial charge in [-0.2, -0.15) is 0 Å². The summed E-state index contributed by atoms with van der Waals surface area (Å²) in [4.78, 5) is 36.5. The molecule has 0 unspecified atom stereocenters. The lowest BCUT2D eigenvalue weighted by atomic mass is 10.1. The summed E-state index contributed by atoms with van der Waals surface area (Å²) in [5, 5.41) is 0. The Bertz CT molecular complexity index is 1380. The number of aromatic nitrogens is 4. The van der Waals surface area contributed by atoms with Crippen molar-refractivity contribution in [1.82, 2.24) is 19.5 Å². The number of imidazole rings is 1. The normalized spacial score (nSPS) is 10.8. The first kappa shape index (κ1) is 20.9. The van der Waals surface area contributed by atoms with Crippen LogP contribution in [-0.4, -0.2) is 46.3 Å². The fourth-order valence-corrected chi connectivity index (χ4v) is 3.36. The zero-order valence-electron chi connectivity index (χ0n) is 17.7. The molecule has 0 atom stereocenters. The smallest absolute Gasteiger partial charge is 0.332 e. The number of primary amides is 1. The van der Waals surface area contributed by atoms with Gasteiger partial charge in [-0.15, -0.1) is 0 Å². The first-order chi connectivity index (χ1) is 15.5. The van der Waals surface area contributed by atoms with Crippen molar-refractivity contribution in [1.29, 1.82) is 0 Å². The maximum Gasteiger partial charge on any atom is 0.332 e. The number of carbonyl (C=O) groups excluding carboxylic acids is 1. The number of nitrogens with two attached hydrogens (primary N) is 1. The Balaban J connectivity index is 1.98. The fraction of sp³-hybridized carbons (Fsp3) is 0.182. The molecule has 2 aromatic carbocycles.